The second-order valence-corrected chi connectivity index (χ2v) is 8.76. The van der Waals surface area contributed by atoms with E-state index in [1.807, 2.05) is 12.1 Å². The highest BCUT2D eigenvalue weighted by atomic mass is 35.5. The normalized spacial score (nSPS) is 11.3. The Hall–Kier alpha value is -1.95. The van der Waals surface area contributed by atoms with Crippen molar-refractivity contribution >= 4 is 39.1 Å². The van der Waals surface area contributed by atoms with Crippen molar-refractivity contribution in [3.63, 3.8) is 0 Å². The summed E-state index contributed by atoms with van der Waals surface area (Å²) in [5, 5.41) is 0.497. The summed E-state index contributed by atoms with van der Waals surface area (Å²) in [4.78, 5) is 2.35. The van der Waals surface area contributed by atoms with E-state index in [4.69, 9.17) is 11.6 Å². The summed E-state index contributed by atoms with van der Waals surface area (Å²) in [5.74, 6) is 0. The standard InChI is InChI=1S/C19H16ClNO2S2/c1-14-2-8-17(9-3-14)24-18-10-6-16(7-11-18)21-25(22,23)19-12-4-15(20)5-13-19/h2-13,21H,1H3. The van der Waals surface area contributed by atoms with Gasteiger partial charge in [0.1, 0.15) is 0 Å². The molecule has 3 nitrogen and oxygen atoms in total. The number of halogens is 1. The van der Waals surface area contributed by atoms with Crippen molar-refractivity contribution in [2.45, 2.75) is 21.6 Å². The lowest BCUT2D eigenvalue weighted by Gasteiger charge is -2.09. The molecule has 0 saturated carbocycles. The highest BCUT2D eigenvalue weighted by Crippen LogP contribution is 2.29. The molecule has 128 valence electrons. The van der Waals surface area contributed by atoms with E-state index in [1.165, 1.54) is 17.7 Å². The van der Waals surface area contributed by atoms with Gasteiger partial charge in [-0.15, -0.1) is 0 Å². The maximum Gasteiger partial charge on any atom is 0.261 e. The number of sulfonamides is 1. The first-order valence-electron chi connectivity index (χ1n) is 7.55. The fourth-order valence-electron chi connectivity index (χ4n) is 2.16. The van der Waals surface area contributed by atoms with Crippen LogP contribution in [0.2, 0.25) is 5.02 Å². The van der Waals surface area contributed by atoms with Crippen LogP contribution in [0.15, 0.2) is 87.5 Å². The first kappa shape index (κ1) is 17.9. The molecule has 3 aromatic carbocycles. The van der Waals surface area contributed by atoms with Gasteiger partial charge in [0.25, 0.3) is 10.0 Å². The summed E-state index contributed by atoms with van der Waals surface area (Å²) in [7, 11) is -3.62. The maximum atomic E-state index is 12.4. The average Bonchev–Trinajstić information content (AvgIpc) is 2.59. The highest BCUT2D eigenvalue weighted by molar-refractivity contribution is 7.99. The number of benzene rings is 3. The molecule has 0 amide bonds. The first-order valence-corrected chi connectivity index (χ1v) is 10.2. The van der Waals surface area contributed by atoms with Crippen LogP contribution in [0.3, 0.4) is 0 Å². The van der Waals surface area contributed by atoms with E-state index >= 15 is 0 Å². The number of rotatable bonds is 5. The Morgan fingerprint density at radius 2 is 1.32 bits per heavy atom. The van der Waals surface area contributed by atoms with Crippen LogP contribution in [0.1, 0.15) is 5.56 Å². The highest BCUT2D eigenvalue weighted by Gasteiger charge is 2.13. The summed E-state index contributed by atoms with van der Waals surface area (Å²) in [6.07, 6.45) is 0. The molecule has 3 aromatic rings. The molecular weight excluding hydrogens is 374 g/mol. The Balaban J connectivity index is 1.71. The van der Waals surface area contributed by atoms with Gasteiger partial charge in [0.15, 0.2) is 0 Å². The molecule has 0 fully saturated rings. The van der Waals surface area contributed by atoms with E-state index in [-0.39, 0.29) is 4.90 Å². The minimum absolute atomic E-state index is 0.176. The summed E-state index contributed by atoms with van der Waals surface area (Å²) in [6.45, 7) is 2.05. The molecule has 0 aliphatic carbocycles. The molecule has 1 N–H and O–H groups in total. The van der Waals surface area contributed by atoms with Gasteiger partial charge in [-0.1, -0.05) is 41.1 Å². The van der Waals surface area contributed by atoms with E-state index in [0.29, 0.717) is 10.7 Å². The summed E-state index contributed by atoms with van der Waals surface area (Å²) in [5.41, 5.74) is 1.74. The fraction of sp³-hybridized carbons (Fsp3) is 0.0526. The average molecular weight is 390 g/mol. The lowest BCUT2D eigenvalue weighted by atomic mass is 10.2. The number of hydrogen-bond acceptors (Lipinski definition) is 3. The molecule has 3 rings (SSSR count). The molecule has 0 aliphatic rings. The van der Waals surface area contributed by atoms with Gasteiger partial charge in [-0.3, -0.25) is 4.72 Å². The van der Waals surface area contributed by atoms with Crippen molar-refractivity contribution in [3.05, 3.63) is 83.4 Å². The number of nitrogens with one attached hydrogen (secondary N) is 1. The molecule has 0 aromatic heterocycles. The summed E-state index contributed by atoms with van der Waals surface area (Å²) in [6, 6.07) is 21.6. The molecule has 0 atom stereocenters. The SMILES string of the molecule is Cc1ccc(Sc2ccc(NS(=O)(=O)c3ccc(Cl)cc3)cc2)cc1. The fourth-order valence-corrected chi connectivity index (χ4v) is 4.16. The summed E-state index contributed by atoms with van der Waals surface area (Å²) >= 11 is 7.43. The lowest BCUT2D eigenvalue weighted by molar-refractivity contribution is 0.601. The molecule has 0 bridgehead atoms. The number of hydrogen-bond donors (Lipinski definition) is 1. The van der Waals surface area contributed by atoms with Crippen molar-refractivity contribution in [3.8, 4) is 0 Å². The van der Waals surface area contributed by atoms with Crippen molar-refractivity contribution in [2.24, 2.45) is 0 Å². The third kappa shape index (κ3) is 4.78. The number of anilines is 1. The van der Waals surface area contributed by atoms with Gasteiger partial charge >= 0.3 is 0 Å². The van der Waals surface area contributed by atoms with Crippen molar-refractivity contribution in [1.29, 1.82) is 0 Å². The van der Waals surface area contributed by atoms with Crippen LogP contribution in [0.5, 0.6) is 0 Å². The predicted molar refractivity (Wildman–Crippen MR) is 104 cm³/mol. The first-order chi connectivity index (χ1) is 11.9. The Kier molecular flexibility index (Phi) is 5.37. The van der Waals surface area contributed by atoms with Gasteiger partial charge in [0.2, 0.25) is 0 Å². The zero-order valence-electron chi connectivity index (χ0n) is 13.4. The van der Waals surface area contributed by atoms with E-state index in [2.05, 4.69) is 35.9 Å². The minimum atomic E-state index is -3.62. The second kappa shape index (κ2) is 7.52. The van der Waals surface area contributed by atoms with Gasteiger partial charge in [-0.25, -0.2) is 8.42 Å². The molecule has 6 heteroatoms. The summed E-state index contributed by atoms with van der Waals surface area (Å²) < 4.78 is 27.3. The molecule has 0 radical (unpaired) electrons. The van der Waals surface area contributed by atoms with Crippen LogP contribution in [-0.4, -0.2) is 8.42 Å². The van der Waals surface area contributed by atoms with Crippen molar-refractivity contribution in [2.75, 3.05) is 4.72 Å². The smallest absolute Gasteiger partial charge is 0.261 e. The molecule has 0 saturated heterocycles. The lowest BCUT2D eigenvalue weighted by Crippen LogP contribution is -2.12. The van der Waals surface area contributed by atoms with E-state index in [0.717, 1.165) is 9.79 Å². The van der Waals surface area contributed by atoms with Crippen molar-refractivity contribution < 1.29 is 8.42 Å². The van der Waals surface area contributed by atoms with Gasteiger partial charge < -0.3 is 0 Å². The topological polar surface area (TPSA) is 46.2 Å². The third-order valence-electron chi connectivity index (χ3n) is 3.49. The number of aryl methyl sites for hydroxylation is 1. The minimum Gasteiger partial charge on any atom is -0.280 e. The zero-order chi connectivity index (χ0) is 17.9. The van der Waals surface area contributed by atoms with E-state index in [1.54, 1.807) is 36.0 Å². The molecule has 0 aliphatic heterocycles. The van der Waals surface area contributed by atoms with E-state index < -0.39 is 10.0 Å². The van der Waals surface area contributed by atoms with Crippen LogP contribution in [0, 0.1) is 6.92 Å². The van der Waals surface area contributed by atoms with Gasteiger partial charge in [0.05, 0.1) is 4.90 Å². The Morgan fingerprint density at radius 3 is 1.88 bits per heavy atom. The monoisotopic (exact) mass is 389 g/mol. The molecular formula is C19H16ClNO2S2. The Labute approximate surface area is 157 Å². The quantitative estimate of drug-likeness (QED) is 0.617. The maximum absolute atomic E-state index is 12.4. The van der Waals surface area contributed by atoms with Gasteiger partial charge in [-0.2, -0.15) is 0 Å². The molecule has 0 unspecified atom stereocenters. The predicted octanol–water partition coefficient (Wildman–Crippen LogP) is 5.60. The van der Waals surface area contributed by atoms with Crippen molar-refractivity contribution in [1.82, 2.24) is 0 Å². The van der Waals surface area contributed by atoms with Crippen LogP contribution < -0.4 is 4.72 Å². The van der Waals surface area contributed by atoms with Crippen LogP contribution >= 0.6 is 23.4 Å². The second-order valence-electron chi connectivity index (χ2n) is 5.50. The molecule has 25 heavy (non-hydrogen) atoms. The van der Waals surface area contributed by atoms with Crippen LogP contribution in [0.25, 0.3) is 0 Å². The van der Waals surface area contributed by atoms with Crippen LogP contribution in [-0.2, 0) is 10.0 Å². The van der Waals surface area contributed by atoms with Gasteiger partial charge in [0, 0.05) is 20.5 Å². The van der Waals surface area contributed by atoms with Crippen LogP contribution in [0.4, 0.5) is 5.69 Å². The largest absolute Gasteiger partial charge is 0.280 e. The van der Waals surface area contributed by atoms with Gasteiger partial charge in [-0.05, 0) is 67.6 Å². The molecule has 0 spiro atoms. The molecule has 0 heterocycles. The zero-order valence-corrected chi connectivity index (χ0v) is 15.8. The Morgan fingerprint density at radius 1 is 0.800 bits per heavy atom. The van der Waals surface area contributed by atoms with E-state index in [9.17, 15) is 8.42 Å². The third-order valence-corrected chi connectivity index (χ3v) is 6.15. The Bertz CT molecular complexity index is 952.